The van der Waals surface area contributed by atoms with Crippen LogP contribution in [-0.4, -0.2) is 17.4 Å². The predicted molar refractivity (Wildman–Crippen MR) is 94.0 cm³/mol. The topological polar surface area (TPSA) is 77.0 Å². The summed E-state index contributed by atoms with van der Waals surface area (Å²) in [6.07, 6.45) is 0.642. The first kappa shape index (κ1) is 18.4. The van der Waals surface area contributed by atoms with Crippen molar-refractivity contribution in [2.75, 3.05) is 11.4 Å². The molecule has 130 valence electrons. The summed E-state index contributed by atoms with van der Waals surface area (Å²) < 4.78 is 13.1. The molecule has 0 aliphatic heterocycles. The fraction of sp³-hybridized carbons (Fsp3) is 0.316. The Bertz CT molecular complexity index is 879. The van der Waals surface area contributed by atoms with E-state index in [2.05, 4.69) is 4.98 Å². The van der Waals surface area contributed by atoms with Gasteiger partial charge in [0.25, 0.3) is 5.56 Å². The van der Waals surface area contributed by atoms with Gasteiger partial charge in [0.1, 0.15) is 17.4 Å². The number of nitriles is 1. The normalized spacial score (nSPS) is 10.4. The molecule has 0 atom stereocenters. The number of halogens is 1. The quantitative estimate of drug-likeness (QED) is 0.908. The molecule has 0 aliphatic rings. The van der Waals surface area contributed by atoms with Gasteiger partial charge in [-0.1, -0.05) is 0 Å². The van der Waals surface area contributed by atoms with Crippen LogP contribution < -0.4 is 10.5 Å². The van der Waals surface area contributed by atoms with Crippen LogP contribution >= 0.6 is 0 Å². The van der Waals surface area contributed by atoms with Crippen LogP contribution in [0.2, 0.25) is 0 Å². The first-order valence-corrected chi connectivity index (χ1v) is 8.07. The maximum atomic E-state index is 13.1. The Hall–Kier alpha value is -2.94. The highest BCUT2D eigenvalue weighted by Gasteiger charge is 2.17. The van der Waals surface area contributed by atoms with Crippen molar-refractivity contribution in [3.63, 3.8) is 0 Å². The van der Waals surface area contributed by atoms with Crippen LogP contribution in [0.25, 0.3) is 0 Å². The molecular weight excluding hydrogens is 321 g/mol. The summed E-state index contributed by atoms with van der Waals surface area (Å²) in [5.74, 6) is -0.451. The molecule has 0 saturated carbocycles. The van der Waals surface area contributed by atoms with Gasteiger partial charge in [-0.3, -0.25) is 9.59 Å². The number of carbonyl (C=O) groups excluding carboxylic acids is 1. The van der Waals surface area contributed by atoms with Gasteiger partial charge >= 0.3 is 0 Å². The predicted octanol–water partition coefficient (Wildman–Crippen LogP) is 2.99. The van der Waals surface area contributed by atoms with Crippen molar-refractivity contribution in [2.24, 2.45) is 0 Å². The number of aryl methyl sites for hydroxylation is 1. The minimum absolute atomic E-state index is 0.0823. The van der Waals surface area contributed by atoms with Gasteiger partial charge in [0, 0.05) is 24.3 Å². The van der Waals surface area contributed by atoms with E-state index in [1.165, 1.54) is 12.1 Å². The minimum atomic E-state index is -0.408. The molecule has 0 unspecified atom stereocenters. The molecule has 25 heavy (non-hydrogen) atoms. The van der Waals surface area contributed by atoms with E-state index in [9.17, 15) is 14.0 Å². The molecule has 1 heterocycles. The van der Waals surface area contributed by atoms with E-state index in [-0.39, 0.29) is 23.7 Å². The number of hydrogen-bond acceptors (Lipinski definition) is 3. The molecule has 1 N–H and O–H groups in total. The second-order valence-electron chi connectivity index (χ2n) is 5.78. The first-order valence-electron chi connectivity index (χ1n) is 8.07. The molecule has 1 aromatic carbocycles. The third kappa shape index (κ3) is 3.94. The van der Waals surface area contributed by atoms with Crippen molar-refractivity contribution >= 4 is 11.6 Å². The monoisotopic (exact) mass is 341 g/mol. The number of aromatic nitrogens is 1. The van der Waals surface area contributed by atoms with Gasteiger partial charge in [0.2, 0.25) is 5.91 Å². The number of aromatic amines is 1. The summed E-state index contributed by atoms with van der Waals surface area (Å²) >= 11 is 0. The van der Waals surface area contributed by atoms with Gasteiger partial charge in [-0.15, -0.1) is 0 Å². The van der Waals surface area contributed by atoms with Crippen molar-refractivity contribution in [3.05, 3.63) is 62.8 Å². The fourth-order valence-electron chi connectivity index (χ4n) is 2.91. The SMILES string of the molecule is CCN(C(=O)CCc1c(C)[nH]c(=O)c(C#N)c1C)c1ccc(F)cc1. The van der Waals surface area contributed by atoms with Crippen LogP contribution in [0.5, 0.6) is 0 Å². The third-order valence-corrected chi connectivity index (χ3v) is 4.26. The van der Waals surface area contributed by atoms with Crippen molar-refractivity contribution < 1.29 is 9.18 Å². The number of amides is 1. The number of anilines is 1. The Labute approximate surface area is 145 Å². The zero-order valence-electron chi connectivity index (χ0n) is 14.5. The fourth-order valence-corrected chi connectivity index (χ4v) is 2.91. The standard InChI is InChI=1S/C19H20FN3O2/c1-4-23(15-7-5-14(20)6-8-15)18(24)10-9-16-12(2)17(11-21)19(25)22-13(16)3/h5-8H,4,9-10H2,1-3H3,(H,22,25). The van der Waals surface area contributed by atoms with E-state index in [4.69, 9.17) is 5.26 Å². The number of benzene rings is 1. The van der Waals surface area contributed by atoms with E-state index < -0.39 is 5.56 Å². The Kier molecular flexibility index (Phi) is 5.71. The average molecular weight is 341 g/mol. The smallest absolute Gasteiger partial charge is 0.266 e. The van der Waals surface area contributed by atoms with Crippen LogP contribution in [0.3, 0.4) is 0 Å². The number of nitrogens with one attached hydrogen (secondary N) is 1. The molecular formula is C19H20FN3O2. The zero-order valence-corrected chi connectivity index (χ0v) is 14.5. The molecule has 5 nitrogen and oxygen atoms in total. The van der Waals surface area contributed by atoms with Crippen LogP contribution in [0.4, 0.5) is 10.1 Å². The van der Waals surface area contributed by atoms with Crippen LogP contribution in [-0.2, 0) is 11.2 Å². The maximum absolute atomic E-state index is 13.1. The lowest BCUT2D eigenvalue weighted by molar-refractivity contribution is -0.118. The lowest BCUT2D eigenvalue weighted by Gasteiger charge is -2.21. The summed E-state index contributed by atoms with van der Waals surface area (Å²) in [7, 11) is 0. The number of rotatable bonds is 5. The molecule has 1 amide bonds. The average Bonchev–Trinajstić information content (AvgIpc) is 2.57. The molecule has 0 bridgehead atoms. The molecule has 2 aromatic rings. The Morgan fingerprint density at radius 3 is 2.48 bits per heavy atom. The van der Waals surface area contributed by atoms with Crippen molar-refractivity contribution in [2.45, 2.75) is 33.6 Å². The van der Waals surface area contributed by atoms with Gasteiger partial charge in [-0.25, -0.2) is 4.39 Å². The third-order valence-electron chi connectivity index (χ3n) is 4.26. The number of H-pyrrole nitrogens is 1. The van der Waals surface area contributed by atoms with Gasteiger partial charge in [-0.05, 0) is 62.6 Å². The highest BCUT2D eigenvalue weighted by molar-refractivity contribution is 5.93. The van der Waals surface area contributed by atoms with Crippen molar-refractivity contribution in [1.82, 2.24) is 4.98 Å². The van der Waals surface area contributed by atoms with Crippen LogP contribution in [0.15, 0.2) is 29.1 Å². The highest BCUT2D eigenvalue weighted by Crippen LogP contribution is 2.19. The van der Waals surface area contributed by atoms with E-state index in [1.54, 1.807) is 30.9 Å². The van der Waals surface area contributed by atoms with Crippen LogP contribution in [0.1, 0.15) is 35.7 Å². The molecule has 0 radical (unpaired) electrons. The number of hydrogen-bond donors (Lipinski definition) is 1. The second kappa shape index (κ2) is 7.75. The molecule has 0 saturated heterocycles. The lowest BCUT2D eigenvalue weighted by Crippen LogP contribution is -2.31. The molecule has 2 rings (SSSR count). The van der Waals surface area contributed by atoms with Gasteiger partial charge in [0.15, 0.2) is 0 Å². The molecule has 0 aliphatic carbocycles. The second-order valence-corrected chi connectivity index (χ2v) is 5.78. The summed E-state index contributed by atoms with van der Waals surface area (Å²) in [5, 5.41) is 9.11. The van der Waals surface area contributed by atoms with E-state index in [1.807, 2.05) is 13.0 Å². The lowest BCUT2D eigenvalue weighted by atomic mass is 9.99. The largest absolute Gasteiger partial charge is 0.325 e. The van der Waals surface area contributed by atoms with E-state index in [0.29, 0.717) is 29.9 Å². The molecule has 1 aromatic heterocycles. The van der Waals surface area contributed by atoms with Crippen LogP contribution in [0, 0.1) is 31.0 Å². The number of pyridine rings is 1. The Morgan fingerprint density at radius 2 is 1.92 bits per heavy atom. The zero-order chi connectivity index (χ0) is 18.6. The maximum Gasteiger partial charge on any atom is 0.266 e. The Balaban J connectivity index is 2.20. The summed E-state index contributed by atoms with van der Waals surface area (Å²) in [4.78, 5) is 28.6. The first-order chi connectivity index (χ1) is 11.9. The molecule has 0 spiro atoms. The van der Waals surface area contributed by atoms with Crippen molar-refractivity contribution in [3.8, 4) is 6.07 Å². The summed E-state index contributed by atoms with van der Waals surface area (Å²) in [6, 6.07) is 7.69. The molecule has 6 heteroatoms. The number of nitrogens with zero attached hydrogens (tertiary/aromatic N) is 2. The Morgan fingerprint density at radius 1 is 1.28 bits per heavy atom. The van der Waals surface area contributed by atoms with Gasteiger partial charge in [-0.2, -0.15) is 5.26 Å². The van der Waals surface area contributed by atoms with E-state index in [0.717, 1.165) is 5.56 Å². The van der Waals surface area contributed by atoms with Gasteiger partial charge in [0.05, 0.1) is 0 Å². The highest BCUT2D eigenvalue weighted by atomic mass is 19.1. The van der Waals surface area contributed by atoms with Crippen molar-refractivity contribution in [1.29, 1.82) is 5.26 Å². The summed E-state index contributed by atoms with van der Waals surface area (Å²) in [6.45, 7) is 5.80. The summed E-state index contributed by atoms with van der Waals surface area (Å²) in [5.41, 5.74) is 2.40. The molecule has 0 fully saturated rings. The minimum Gasteiger partial charge on any atom is -0.325 e. The van der Waals surface area contributed by atoms with Gasteiger partial charge < -0.3 is 9.88 Å². The van der Waals surface area contributed by atoms with E-state index >= 15 is 0 Å². The number of carbonyl (C=O) groups is 1.